The molecule has 134 valence electrons. The van der Waals surface area contributed by atoms with Crippen molar-refractivity contribution in [2.45, 2.75) is 39.7 Å². The van der Waals surface area contributed by atoms with Crippen molar-refractivity contribution < 1.29 is 4.79 Å². The summed E-state index contributed by atoms with van der Waals surface area (Å²) in [5.41, 5.74) is 2.79. The van der Waals surface area contributed by atoms with E-state index in [-0.39, 0.29) is 18.0 Å². The lowest BCUT2D eigenvalue weighted by atomic mass is 9.89. The monoisotopic (exact) mass is 367 g/mol. The molecule has 0 saturated carbocycles. The van der Waals surface area contributed by atoms with Crippen LogP contribution in [-0.2, 0) is 24.2 Å². The number of carbonyl (C=O) groups is 1. The number of anilines is 1. The molecule has 5 nitrogen and oxygen atoms in total. The second-order valence-electron chi connectivity index (χ2n) is 7.07. The maximum atomic E-state index is 12.9. The maximum Gasteiger partial charge on any atom is 0.262 e. The van der Waals surface area contributed by atoms with Crippen LogP contribution in [0.25, 0.3) is 10.2 Å². The van der Waals surface area contributed by atoms with Crippen LogP contribution in [-0.4, -0.2) is 15.5 Å². The second kappa shape index (κ2) is 6.68. The van der Waals surface area contributed by atoms with Gasteiger partial charge in [-0.05, 0) is 49.3 Å². The number of para-hydroxylation sites is 1. The van der Waals surface area contributed by atoms with E-state index in [1.54, 1.807) is 11.3 Å². The van der Waals surface area contributed by atoms with E-state index < -0.39 is 0 Å². The fourth-order valence-corrected chi connectivity index (χ4v) is 4.88. The minimum absolute atomic E-state index is 0.0306. The van der Waals surface area contributed by atoms with Crippen molar-refractivity contribution in [2.75, 3.05) is 5.32 Å². The van der Waals surface area contributed by atoms with Crippen molar-refractivity contribution in [3.63, 3.8) is 0 Å². The molecule has 0 saturated heterocycles. The number of benzene rings is 1. The SMILES string of the molecule is Cc1ccccc1NC(=O)Cn1cnc2sc3c(c2c1=O)CCC(C)C3. The fourth-order valence-electron chi connectivity index (χ4n) is 3.54. The Morgan fingerprint density at radius 3 is 3.00 bits per heavy atom. The van der Waals surface area contributed by atoms with Crippen LogP contribution in [0.5, 0.6) is 0 Å². The third kappa shape index (κ3) is 3.05. The van der Waals surface area contributed by atoms with Gasteiger partial charge in [0.15, 0.2) is 0 Å². The molecule has 1 unspecified atom stereocenters. The van der Waals surface area contributed by atoms with Crippen molar-refractivity contribution in [1.82, 2.24) is 9.55 Å². The molecule has 1 aromatic carbocycles. The molecule has 6 heteroatoms. The number of hydrogen-bond donors (Lipinski definition) is 1. The molecular weight excluding hydrogens is 346 g/mol. The average Bonchev–Trinajstić information content (AvgIpc) is 2.97. The third-order valence-corrected chi connectivity index (χ3v) is 6.18. The normalized spacial score (nSPS) is 16.5. The van der Waals surface area contributed by atoms with Gasteiger partial charge < -0.3 is 5.32 Å². The number of rotatable bonds is 3. The average molecular weight is 367 g/mol. The lowest BCUT2D eigenvalue weighted by Crippen LogP contribution is -2.28. The Balaban J connectivity index is 1.63. The molecule has 26 heavy (non-hydrogen) atoms. The van der Waals surface area contributed by atoms with Crippen LogP contribution in [0.1, 0.15) is 29.3 Å². The molecule has 2 aromatic heterocycles. The van der Waals surface area contributed by atoms with E-state index in [1.165, 1.54) is 15.8 Å². The highest BCUT2D eigenvalue weighted by atomic mass is 32.1. The summed E-state index contributed by atoms with van der Waals surface area (Å²) in [6.07, 6.45) is 4.53. The molecule has 0 fully saturated rings. The van der Waals surface area contributed by atoms with Crippen molar-refractivity contribution in [3.8, 4) is 0 Å². The molecule has 1 aliphatic rings. The van der Waals surface area contributed by atoms with Gasteiger partial charge in [0.2, 0.25) is 5.91 Å². The minimum Gasteiger partial charge on any atom is -0.324 e. The van der Waals surface area contributed by atoms with Crippen molar-refractivity contribution >= 4 is 33.1 Å². The minimum atomic E-state index is -0.222. The summed E-state index contributed by atoms with van der Waals surface area (Å²) >= 11 is 1.62. The first-order valence-electron chi connectivity index (χ1n) is 8.88. The van der Waals surface area contributed by atoms with Crippen molar-refractivity contribution in [2.24, 2.45) is 5.92 Å². The number of nitrogens with zero attached hydrogens (tertiary/aromatic N) is 2. The molecule has 1 amide bonds. The molecule has 4 rings (SSSR count). The fraction of sp³-hybridized carbons (Fsp3) is 0.350. The van der Waals surface area contributed by atoms with Crippen molar-refractivity contribution in [3.05, 3.63) is 57.0 Å². The highest BCUT2D eigenvalue weighted by molar-refractivity contribution is 7.18. The van der Waals surface area contributed by atoms with Gasteiger partial charge in [-0.25, -0.2) is 4.98 Å². The number of aromatic nitrogens is 2. The van der Waals surface area contributed by atoms with Gasteiger partial charge in [0.1, 0.15) is 11.4 Å². The van der Waals surface area contributed by atoms with Crippen molar-refractivity contribution in [1.29, 1.82) is 0 Å². The van der Waals surface area contributed by atoms with E-state index in [1.807, 2.05) is 31.2 Å². The number of hydrogen-bond acceptors (Lipinski definition) is 4. The maximum absolute atomic E-state index is 12.9. The predicted octanol–water partition coefficient (Wildman–Crippen LogP) is 3.53. The number of nitrogens with one attached hydrogen (secondary N) is 1. The Bertz CT molecular complexity index is 1050. The zero-order valence-corrected chi connectivity index (χ0v) is 15.7. The summed E-state index contributed by atoms with van der Waals surface area (Å²) in [6.45, 7) is 4.15. The van der Waals surface area contributed by atoms with Crippen LogP contribution >= 0.6 is 11.3 Å². The Hall–Kier alpha value is -2.47. The molecule has 1 N–H and O–H groups in total. The summed E-state index contributed by atoms with van der Waals surface area (Å²) in [4.78, 5) is 31.9. The van der Waals surface area contributed by atoms with Crippen LogP contribution < -0.4 is 10.9 Å². The largest absolute Gasteiger partial charge is 0.324 e. The second-order valence-corrected chi connectivity index (χ2v) is 8.16. The molecule has 2 heterocycles. The highest BCUT2D eigenvalue weighted by Gasteiger charge is 2.23. The zero-order valence-electron chi connectivity index (χ0n) is 14.9. The van der Waals surface area contributed by atoms with Gasteiger partial charge in [-0.2, -0.15) is 0 Å². The van der Waals surface area contributed by atoms with Gasteiger partial charge in [0.25, 0.3) is 5.56 Å². The first-order valence-corrected chi connectivity index (χ1v) is 9.69. The first kappa shape index (κ1) is 17.0. The van der Waals surface area contributed by atoms with Gasteiger partial charge in [0, 0.05) is 10.6 Å². The van der Waals surface area contributed by atoms with Crippen LogP contribution in [0.2, 0.25) is 0 Å². The van der Waals surface area contributed by atoms with E-state index in [0.29, 0.717) is 11.3 Å². The van der Waals surface area contributed by atoms with Gasteiger partial charge >= 0.3 is 0 Å². The predicted molar refractivity (Wildman–Crippen MR) is 105 cm³/mol. The number of carbonyl (C=O) groups excluding carboxylic acids is 1. The summed E-state index contributed by atoms with van der Waals surface area (Å²) in [5, 5.41) is 3.58. The van der Waals surface area contributed by atoms with Crippen LogP contribution in [0.15, 0.2) is 35.4 Å². The lowest BCUT2D eigenvalue weighted by molar-refractivity contribution is -0.116. The molecule has 1 aliphatic carbocycles. The Morgan fingerprint density at radius 1 is 1.38 bits per heavy atom. The van der Waals surface area contributed by atoms with Gasteiger partial charge in [0.05, 0.1) is 11.7 Å². The standard InChI is InChI=1S/C20H21N3O2S/c1-12-7-8-14-16(9-12)26-19-18(14)20(25)23(11-21-19)10-17(24)22-15-6-4-3-5-13(15)2/h3-6,11-12H,7-10H2,1-2H3,(H,22,24). The Morgan fingerprint density at radius 2 is 2.19 bits per heavy atom. The van der Waals surface area contributed by atoms with Gasteiger partial charge in [-0.1, -0.05) is 25.1 Å². The number of amides is 1. The van der Waals surface area contributed by atoms with Crippen LogP contribution in [0, 0.1) is 12.8 Å². The number of thiophene rings is 1. The molecule has 3 aromatic rings. The van der Waals surface area contributed by atoms with Gasteiger partial charge in [-0.15, -0.1) is 11.3 Å². The molecule has 0 aliphatic heterocycles. The zero-order chi connectivity index (χ0) is 18.3. The number of aryl methyl sites for hydroxylation is 2. The van der Waals surface area contributed by atoms with E-state index >= 15 is 0 Å². The first-order chi connectivity index (χ1) is 12.5. The molecule has 1 atom stereocenters. The quantitative estimate of drug-likeness (QED) is 0.770. The van der Waals surface area contributed by atoms with E-state index in [9.17, 15) is 9.59 Å². The summed E-state index contributed by atoms with van der Waals surface area (Å²) < 4.78 is 1.42. The highest BCUT2D eigenvalue weighted by Crippen LogP contribution is 2.35. The van der Waals surface area contributed by atoms with Gasteiger partial charge in [-0.3, -0.25) is 14.2 Å². The molecule has 0 radical (unpaired) electrons. The Labute approximate surface area is 155 Å². The topological polar surface area (TPSA) is 64.0 Å². The Kier molecular flexibility index (Phi) is 4.36. The third-order valence-electron chi connectivity index (χ3n) is 5.02. The van der Waals surface area contributed by atoms with E-state index in [0.717, 1.165) is 40.9 Å². The summed E-state index contributed by atoms with van der Waals surface area (Å²) in [5.74, 6) is 0.429. The smallest absolute Gasteiger partial charge is 0.262 e. The molecular formula is C20H21N3O2S. The van der Waals surface area contributed by atoms with E-state index in [2.05, 4.69) is 17.2 Å². The van der Waals surface area contributed by atoms with E-state index in [4.69, 9.17) is 0 Å². The molecule has 0 spiro atoms. The number of fused-ring (bicyclic) bond motifs is 3. The molecule has 0 bridgehead atoms. The summed E-state index contributed by atoms with van der Waals surface area (Å²) in [7, 11) is 0. The summed E-state index contributed by atoms with van der Waals surface area (Å²) in [6, 6.07) is 7.59. The lowest BCUT2D eigenvalue weighted by Gasteiger charge is -2.17. The van der Waals surface area contributed by atoms with Crippen LogP contribution in [0.4, 0.5) is 5.69 Å². The van der Waals surface area contributed by atoms with Crippen LogP contribution in [0.3, 0.4) is 0 Å².